The van der Waals surface area contributed by atoms with Gasteiger partial charge in [0.2, 0.25) is 0 Å². The molecule has 2 rings (SSSR count). The summed E-state index contributed by atoms with van der Waals surface area (Å²) in [5.74, 6) is -0.815. The van der Waals surface area contributed by atoms with Gasteiger partial charge in [-0.1, -0.05) is 27.5 Å². The average Bonchev–Trinajstić information content (AvgIpc) is 2.49. The van der Waals surface area contributed by atoms with Crippen molar-refractivity contribution in [3.8, 4) is 0 Å². The number of aromatic nitrogens is 1. The molecular weight excluding hydrogens is 451 g/mol. The lowest BCUT2D eigenvalue weighted by molar-refractivity contribution is -0.157. The van der Waals surface area contributed by atoms with E-state index < -0.39 is 34.9 Å². The fourth-order valence-electron chi connectivity index (χ4n) is 2.35. The number of carbonyl (C=O) groups excluding carboxylic acids is 1. The van der Waals surface area contributed by atoms with Gasteiger partial charge in [-0.2, -0.15) is 13.2 Å². The van der Waals surface area contributed by atoms with Gasteiger partial charge in [0.15, 0.2) is 6.04 Å². The van der Waals surface area contributed by atoms with Crippen LogP contribution in [0.5, 0.6) is 0 Å². The zero-order valence-electron chi connectivity index (χ0n) is 14.6. The van der Waals surface area contributed by atoms with Crippen LogP contribution in [0.4, 0.5) is 13.2 Å². The first-order valence-electron chi connectivity index (χ1n) is 7.77. The van der Waals surface area contributed by atoms with Crippen molar-refractivity contribution in [2.24, 2.45) is 0 Å². The Morgan fingerprint density at radius 1 is 1.19 bits per heavy atom. The fraction of sp³-hybridized carbons (Fsp3) is 0.333. The molecule has 0 aliphatic heterocycles. The van der Waals surface area contributed by atoms with Gasteiger partial charge >= 0.3 is 12.1 Å². The third-order valence-electron chi connectivity index (χ3n) is 3.44. The molecule has 1 heterocycles. The van der Waals surface area contributed by atoms with E-state index in [1.165, 1.54) is 12.1 Å². The Morgan fingerprint density at radius 3 is 2.33 bits per heavy atom. The highest BCUT2D eigenvalue weighted by molar-refractivity contribution is 9.10. The number of benzene rings is 1. The summed E-state index contributed by atoms with van der Waals surface area (Å²) in [6.07, 6.45) is -3.76. The van der Waals surface area contributed by atoms with E-state index in [1.807, 2.05) is 0 Å². The SMILES string of the molecule is CC(C)(C)OC(=O)C(c1cc(Br)ccc1Cl)n1ccc(C(F)(F)F)cc1=O. The van der Waals surface area contributed by atoms with E-state index in [0.717, 1.165) is 16.8 Å². The Morgan fingerprint density at radius 2 is 1.81 bits per heavy atom. The molecule has 1 aromatic carbocycles. The van der Waals surface area contributed by atoms with Gasteiger partial charge in [0, 0.05) is 27.3 Å². The molecule has 0 N–H and O–H groups in total. The molecule has 0 radical (unpaired) electrons. The zero-order valence-corrected chi connectivity index (χ0v) is 16.9. The van der Waals surface area contributed by atoms with Crippen LogP contribution in [0.3, 0.4) is 0 Å². The lowest BCUT2D eigenvalue weighted by Gasteiger charge is -2.26. The molecule has 0 spiro atoms. The van der Waals surface area contributed by atoms with Crippen LogP contribution in [0.25, 0.3) is 0 Å². The standard InChI is InChI=1S/C18H16BrClF3NO3/c1-17(2,3)27-16(26)15(12-9-11(19)4-5-13(12)20)24-7-6-10(8-14(24)25)18(21,22)23/h4-9,15H,1-3H3. The number of hydrogen-bond acceptors (Lipinski definition) is 3. The van der Waals surface area contributed by atoms with Crippen LogP contribution < -0.4 is 5.56 Å². The molecule has 1 atom stereocenters. The molecule has 0 saturated carbocycles. The number of esters is 1. The summed E-state index contributed by atoms with van der Waals surface area (Å²) in [4.78, 5) is 25.1. The number of rotatable bonds is 3. The van der Waals surface area contributed by atoms with E-state index in [-0.39, 0.29) is 10.6 Å². The minimum atomic E-state index is -4.67. The van der Waals surface area contributed by atoms with Crippen LogP contribution in [-0.4, -0.2) is 16.1 Å². The van der Waals surface area contributed by atoms with Gasteiger partial charge in [-0.15, -0.1) is 0 Å². The maximum atomic E-state index is 12.9. The summed E-state index contributed by atoms with van der Waals surface area (Å²) in [5.41, 5.74) is -2.76. The monoisotopic (exact) mass is 465 g/mol. The molecule has 0 bridgehead atoms. The van der Waals surface area contributed by atoms with Crippen molar-refractivity contribution in [3.63, 3.8) is 0 Å². The number of halogens is 5. The van der Waals surface area contributed by atoms with Crippen molar-refractivity contribution < 1.29 is 22.7 Å². The van der Waals surface area contributed by atoms with Gasteiger partial charge in [0.05, 0.1) is 5.56 Å². The van der Waals surface area contributed by atoms with Gasteiger partial charge in [-0.25, -0.2) is 4.79 Å². The lowest BCUT2D eigenvalue weighted by Crippen LogP contribution is -2.35. The maximum absolute atomic E-state index is 12.9. The molecule has 0 aliphatic carbocycles. The Hall–Kier alpha value is -1.80. The second-order valence-electron chi connectivity index (χ2n) is 6.76. The highest BCUT2D eigenvalue weighted by Gasteiger charge is 2.34. The highest BCUT2D eigenvalue weighted by atomic mass is 79.9. The fourth-order valence-corrected chi connectivity index (χ4v) is 2.95. The van der Waals surface area contributed by atoms with Crippen molar-refractivity contribution in [3.05, 3.63) is 67.5 Å². The van der Waals surface area contributed by atoms with Gasteiger partial charge in [-0.3, -0.25) is 9.36 Å². The van der Waals surface area contributed by atoms with Crippen LogP contribution in [-0.2, 0) is 15.7 Å². The van der Waals surface area contributed by atoms with Crippen molar-refractivity contribution in [1.82, 2.24) is 4.57 Å². The van der Waals surface area contributed by atoms with E-state index in [9.17, 15) is 22.8 Å². The van der Waals surface area contributed by atoms with E-state index in [4.69, 9.17) is 16.3 Å². The third kappa shape index (κ3) is 5.35. The molecule has 9 heteroatoms. The second-order valence-corrected chi connectivity index (χ2v) is 8.08. The number of carbonyl (C=O) groups is 1. The average molecular weight is 467 g/mol. The van der Waals surface area contributed by atoms with Crippen molar-refractivity contribution in [1.29, 1.82) is 0 Å². The smallest absolute Gasteiger partial charge is 0.416 e. The van der Waals surface area contributed by atoms with Crippen LogP contribution in [0, 0.1) is 0 Å². The minimum absolute atomic E-state index is 0.167. The first-order valence-corrected chi connectivity index (χ1v) is 8.94. The Bertz CT molecular complexity index is 919. The second kappa shape index (κ2) is 7.67. The molecule has 2 aromatic rings. The van der Waals surface area contributed by atoms with Crippen molar-refractivity contribution in [2.45, 2.75) is 38.6 Å². The van der Waals surface area contributed by atoms with Crippen LogP contribution in [0.1, 0.15) is 37.9 Å². The van der Waals surface area contributed by atoms with Crippen molar-refractivity contribution >= 4 is 33.5 Å². The van der Waals surface area contributed by atoms with Crippen LogP contribution in [0.2, 0.25) is 5.02 Å². The molecule has 0 amide bonds. The summed E-state index contributed by atoms with van der Waals surface area (Å²) in [5, 5.41) is 0.167. The Kier molecular flexibility index (Phi) is 6.11. The molecule has 0 saturated heterocycles. The summed E-state index contributed by atoms with van der Waals surface area (Å²) in [7, 11) is 0. The summed E-state index contributed by atoms with van der Waals surface area (Å²) >= 11 is 9.45. The predicted octanol–water partition coefficient (Wildman–Crippen LogP) is 5.21. The molecule has 0 aliphatic rings. The number of pyridine rings is 1. The Labute approximate surface area is 167 Å². The lowest BCUT2D eigenvalue weighted by atomic mass is 10.1. The van der Waals surface area contributed by atoms with Gasteiger partial charge in [0.1, 0.15) is 5.60 Å². The summed E-state index contributed by atoms with van der Waals surface area (Å²) < 4.78 is 45.4. The maximum Gasteiger partial charge on any atom is 0.416 e. The highest BCUT2D eigenvalue weighted by Crippen LogP contribution is 2.32. The van der Waals surface area contributed by atoms with E-state index in [2.05, 4.69) is 15.9 Å². The molecule has 4 nitrogen and oxygen atoms in total. The van der Waals surface area contributed by atoms with Crippen molar-refractivity contribution in [2.75, 3.05) is 0 Å². The molecule has 1 aromatic heterocycles. The third-order valence-corrected chi connectivity index (χ3v) is 4.27. The van der Waals surface area contributed by atoms with E-state index >= 15 is 0 Å². The Balaban J connectivity index is 2.65. The molecule has 146 valence electrons. The predicted molar refractivity (Wildman–Crippen MR) is 98.8 cm³/mol. The molecule has 0 fully saturated rings. The number of hydrogen-bond donors (Lipinski definition) is 0. The number of alkyl halides is 3. The quantitative estimate of drug-likeness (QED) is 0.583. The van der Waals surface area contributed by atoms with Gasteiger partial charge in [-0.05, 0) is 45.0 Å². The first kappa shape index (κ1) is 21.5. The molecular formula is C18H16BrClF3NO3. The van der Waals surface area contributed by atoms with Crippen LogP contribution >= 0.6 is 27.5 Å². The molecule has 27 heavy (non-hydrogen) atoms. The van der Waals surface area contributed by atoms with E-state index in [1.54, 1.807) is 26.8 Å². The number of ether oxygens (including phenoxy) is 1. The largest absolute Gasteiger partial charge is 0.458 e. The van der Waals surface area contributed by atoms with Gasteiger partial charge in [0.25, 0.3) is 5.56 Å². The zero-order chi connectivity index (χ0) is 20.6. The molecule has 1 unspecified atom stereocenters. The number of nitrogens with zero attached hydrogens (tertiary/aromatic N) is 1. The van der Waals surface area contributed by atoms with Gasteiger partial charge < -0.3 is 4.74 Å². The van der Waals surface area contributed by atoms with Crippen LogP contribution in [0.15, 0.2) is 45.8 Å². The topological polar surface area (TPSA) is 48.3 Å². The normalized spacial score (nSPS) is 13.3. The summed E-state index contributed by atoms with van der Waals surface area (Å²) in [6.45, 7) is 4.92. The summed E-state index contributed by atoms with van der Waals surface area (Å²) in [6, 6.07) is 4.47. The minimum Gasteiger partial charge on any atom is -0.458 e. The first-order chi connectivity index (χ1) is 12.3. The van der Waals surface area contributed by atoms with E-state index in [0.29, 0.717) is 10.5 Å².